The summed E-state index contributed by atoms with van der Waals surface area (Å²) < 4.78 is 0. The normalized spacial score (nSPS) is 19.2. The minimum atomic E-state index is -0.595. The molecule has 0 bridgehead atoms. The number of nitrogens with one attached hydrogen (secondary N) is 1. The summed E-state index contributed by atoms with van der Waals surface area (Å²) >= 11 is 1.56. The second kappa shape index (κ2) is 6.72. The number of rotatable bonds is 6. The SMILES string of the molecule is CC(C)CC1(C(=O)NCC(O)c2ccsc2)CCCC1. The quantitative estimate of drug-likeness (QED) is 0.844. The zero-order valence-electron chi connectivity index (χ0n) is 12.4. The third-order valence-corrected chi connectivity index (χ3v) is 4.93. The molecular weight excluding hydrogens is 270 g/mol. The van der Waals surface area contributed by atoms with E-state index in [2.05, 4.69) is 19.2 Å². The van der Waals surface area contributed by atoms with E-state index in [4.69, 9.17) is 0 Å². The largest absolute Gasteiger partial charge is 0.387 e. The van der Waals surface area contributed by atoms with Gasteiger partial charge in [0.25, 0.3) is 0 Å². The van der Waals surface area contributed by atoms with Crippen LogP contribution >= 0.6 is 11.3 Å². The van der Waals surface area contributed by atoms with Crippen molar-refractivity contribution in [2.24, 2.45) is 11.3 Å². The van der Waals surface area contributed by atoms with Crippen molar-refractivity contribution in [3.63, 3.8) is 0 Å². The lowest BCUT2D eigenvalue weighted by molar-refractivity contribution is -0.132. The zero-order valence-corrected chi connectivity index (χ0v) is 13.2. The van der Waals surface area contributed by atoms with E-state index in [1.54, 1.807) is 11.3 Å². The van der Waals surface area contributed by atoms with Gasteiger partial charge in [-0.2, -0.15) is 11.3 Å². The maximum absolute atomic E-state index is 12.6. The van der Waals surface area contributed by atoms with E-state index in [0.717, 1.165) is 37.7 Å². The Hall–Kier alpha value is -0.870. The molecule has 2 rings (SSSR count). The first kappa shape index (κ1) is 15.5. The van der Waals surface area contributed by atoms with Crippen LogP contribution in [0.15, 0.2) is 16.8 Å². The van der Waals surface area contributed by atoms with Gasteiger partial charge in [-0.15, -0.1) is 0 Å². The number of aliphatic hydroxyl groups is 1. The van der Waals surface area contributed by atoms with Crippen LogP contribution in [-0.4, -0.2) is 17.6 Å². The van der Waals surface area contributed by atoms with E-state index < -0.39 is 6.10 Å². The molecule has 112 valence electrons. The summed E-state index contributed by atoms with van der Waals surface area (Å²) in [4.78, 5) is 12.6. The Balaban J connectivity index is 1.92. The van der Waals surface area contributed by atoms with Gasteiger partial charge >= 0.3 is 0 Å². The monoisotopic (exact) mass is 295 g/mol. The van der Waals surface area contributed by atoms with Crippen LogP contribution in [-0.2, 0) is 4.79 Å². The number of hydrogen-bond donors (Lipinski definition) is 2. The smallest absolute Gasteiger partial charge is 0.226 e. The van der Waals surface area contributed by atoms with Crippen molar-refractivity contribution < 1.29 is 9.90 Å². The standard InChI is InChI=1S/C16H25NO2S/c1-12(2)9-16(6-3-4-7-16)15(19)17-10-14(18)13-5-8-20-11-13/h5,8,11-12,14,18H,3-4,6-7,9-10H2,1-2H3,(H,17,19). The van der Waals surface area contributed by atoms with E-state index in [9.17, 15) is 9.90 Å². The number of carbonyl (C=O) groups excluding carboxylic acids is 1. The van der Waals surface area contributed by atoms with Crippen LogP contribution < -0.4 is 5.32 Å². The molecule has 1 aliphatic carbocycles. The summed E-state index contributed by atoms with van der Waals surface area (Å²) in [5.74, 6) is 0.665. The van der Waals surface area contributed by atoms with Crippen LogP contribution in [0.4, 0.5) is 0 Å². The van der Waals surface area contributed by atoms with Gasteiger partial charge in [0, 0.05) is 12.0 Å². The van der Waals surface area contributed by atoms with Gasteiger partial charge in [-0.25, -0.2) is 0 Å². The molecule has 0 radical (unpaired) electrons. The van der Waals surface area contributed by atoms with Gasteiger partial charge in [-0.1, -0.05) is 26.7 Å². The minimum Gasteiger partial charge on any atom is -0.387 e. The molecule has 1 unspecified atom stereocenters. The Bertz CT molecular complexity index is 422. The molecule has 1 aromatic rings. The van der Waals surface area contributed by atoms with E-state index in [-0.39, 0.29) is 11.3 Å². The van der Waals surface area contributed by atoms with Crippen LogP contribution in [0.25, 0.3) is 0 Å². The average molecular weight is 295 g/mol. The Kier molecular flexibility index (Phi) is 5.22. The molecule has 2 N–H and O–H groups in total. The lowest BCUT2D eigenvalue weighted by Crippen LogP contribution is -2.41. The fourth-order valence-corrected chi connectivity index (χ4v) is 4.02. The second-order valence-electron chi connectivity index (χ2n) is 6.37. The number of carbonyl (C=O) groups is 1. The lowest BCUT2D eigenvalue weighted by atomic mass is 9.77. The van der Waals surface area contributed by atoms with Gasteiger partial charge in [0.2, 0.25) is 5.91 Å². The summed E-state index contributed by atoms with van der Waals surface area (Å²) in [6.45, 7) is 4.66. The first-order valence-corrected chi connectivity index (χ1v) is 8.46. The summed E-state index contributed by atoms with van der Waals surface area (Å²) in [6, 6.07) is 1.90. The molecule has 1 heterocycles. The molecule has 1 atom stereocenters. The molecule has 1 amide bonds. The molecule has 1 aromatic heterocycles. The Labute approximate surface area is 125 Å². The molecule has 0 aromatic carbocycles. The van der Waals surface area contributed by atoms with E-state index in [1.165, 1.54) is 0 Å². The maximum atomic E-state index is 12.6. The molecule has 20 heavy (non-hydrogen) atoms. The molecule has 0 aliphatic heterocycles. The number of thiophene rings is 1. The maximum Gasteiger partial charge on any atom is 0.226 e. The fourth-order valence-electron chi connectivity index (χ4n) is 3.32. The number of amides is 1. The first-order chi connectivity index (χ1) is 9.53. The molecule has 3 nitrogen and oxygen atoms in total. The van der Waals surface area contributed by atoms with Crippen molar-refractivity contribution in [2.75, 3.05) is 6.54 Å². The molecule has 1 fully saturated rings. The Morgan fingerprint density at radius 1 is 1.45 bits per heavy atom. The van der Waals surface area contributed by atoms with Gasteiger partial charge in [-0.05, 0) is 47.6 Å². The van der Waals surface area contributed by atoms with Gasteiger partial charge in [0.15, 0.2) is 0 Å². The third-order valence-electron chi connectivity index (χ3n) is 4.23. The number of aliphatic hydroxyl groups excluding tert-OH is 1. The minimum absolute atomic E-state index is 0.137. The highest BCUT2D eigenvalue weighted by Gasteiger charge is 2.41. The van der Waals surface area contributed by atoms with Crippen molar-refractivity contribution in [1.29, 1.82) is 0 Å². The molecular formula is C16H25NO2S. The van der Waals surface area contributed by atoms with Gasteiger partial charge < -0.3 is 10.4 Å². The highest BCUT2D eigenvalue weighted by molar-refractivity contribution is 7.07. The first-order valence-electron chi connectivity index (χ1n) is 7.52. The van der Waals surface area contributed by atoms with Crippen molar-refractivity contribution in [1.82, 2.24) is 5.32 Å². The Morgan fingerprint density at radius 2 is 2.15 bits per heavy atom. The van der Waals surface area contributed by atoms with Gasteiger partial charge in [0.1, 0.15) is 0 Å². The Morgan fingerprint density at radius 3 is 2.70 bits per heavy atom. The van der Waals surface area contributed by atoms with E-state index in [1.807, 2.05) is 16.8 Å². The molecule has 1 saturated carbocycles. The fraction of sp³-hybridized carbons (Fsp3) is 0.688. The summed E-state index contributed by atoms with van der Waals surface area (Å²) in [6.07, 6.45) is 4.63. The second-order valence-corrected chi connectivity index (χ2v) is 7.15. The van der Waals surface area contributed by atoms with Gasteiger partial charge in [0.05, 0.1) is 6.10 Å². The van der Waals surface area contributed by atoms with E-state index >= 15 is 0 Å². The molecule has 4 heteroatoms. The zero-order chi connectivity index (χ0) is 14.6. The summed E-state index contributed by atoms with van der Waals surface area (Å²) in [7, 11) is 0. The van der Waals surface area contributed by atoms with Crippen LogP contribution in [0.1, 0.15) is 57.6 Å². The molecule has 1 aliphatic rings. The van der Waals surface area contributed by atoms with Gasteiger partial charge in [-0.3, -0.25) is 4.79 Å². The van der Waals surface area contributed by atoms with E-state index in [0.29, 0.717) is 12.5 Å². The van der Waals surface area contributed by atoms with Crippen molar-refractivity contribution in [3.8, 4) is 0 Å². The summed E-state index contributed by atoms with van der Waals surface area (Å²) in [5.41, 5.74) is 0.697. The lowest BCUT2D eigenvalue weighted by Gasteiger charge is -2.30. The third kappa shape index (κ3) is 3.61. The summed E-state index contributed by atoms with van der Waals surface area (Å²) in [5, 5.41) is 16.9. The van der Waals surface area contributed by atoms with Crippen molar-refractivity contribution >= 4 is 17.2 Å². The predicted molar refractivity (Wildman–Crippen MR) is 82.6 cm³/mol. The topological polar surface area (TPSA) is 49.3 Å². The highest BCUT2D eigenvalue weighted by atomic mass is 32.1. The highest BCUT2D eigenvalue weighted by Crippen LogP contribution is 2.43. The van der Waals surface area contributed by atoms with Crippen LogP contribution in [0.2, 0.25) is 0 Å². The molecule has 0 spiro atoms. The van der Waals surface area contributed by atoms with Crippen LogP contribution in [0, 0.1) is 11.3 Å². The number of hydrogen-bond acceptors (Lipinski definition) is 3. The van der Waals surface area contributed by atoms with Crippen LogP contribution in [0.3, 0.4) is 0 Å². The average Bonchev–Trinajstić information content (AvgIpc) is 3.05. The predicted octanol–water partition coefficient (Wildman–Crippen LogP) is 3.50. The molecule has 0 saturated heterocycles. The van der Waals surface area contributed by atoms with Crippen molar-refractivity contribution in [2.45, 2.75) is 52.1 Å². The van der Waals surface area contributed by atoms with Crippen molar-refractivity contribution in [3.05, 3.63) is 22.4 Å². The van der Waals surface area contributed by atoms with Crippen LogP contribution in [0.5, 0.6) is 0 Å².